The van der Waals surface area contributed by atoms with Crippen LogP contribution in [0.3, 0.4) is 0 Å². The summed E-state index contributed by atoms with van der Waals surface area (Å²) in [5, 5.41) is 8.95. The van der Waals surface area contributed by atoms with Gasteiger partial charge in [-0.25, -0.2) is 0 Å². The summed E-state index contributed by atoms with van der Waals surface area (Å²) in [5.41, 5.74) is 2.63. The Labute approximate surface area is 115 Å². The normalized spacial score (nSPS) is 18.9. The zero-order chi connectivity index (χ0) is 13.3. The molecule has 1 atom stereocenters. The number of hydrogen-bond donors (Lipinski definition) is 1. The molecule has 0 aromatic carbocycles. The van der Waals surface area contributed by atoms with Gasteiger partial charge in [0.05, 0.1) is 16.4 Å². The first-order chi connectivity index (χ1) is 8.54. The molecule has 0 amide bonds. The first kappa shape index (κ1) is 13.9. The molecule has 1 aromatic rings. The Morgan fingerprint density at radius 2 is 2.11 bits per heavy atom. The van der Waals surface area contributed by atoms with E-state index in [9.17, 15) is 0 Å². The Morgan fingerprint density at radius 1 is 1.44 bits per heavy atom. The predicted molar refractivity (Wildman–Crippen MR) is 76.1 cm³/mol. The van der Waals surface area contributed by atoms with Crippen LogP contribution in [0.2, 0.25) is 5.02 Å². The van der Waals surface area contributed by atoms with Crippen LogP contribution in [0, 0.1) is 5.41 Å². The van der Waals surface area contributed by atoms with E-state index < -0.39 is 0 Å². The van der Waals surface area contributed by atoms with Crippen molar-refractivity contribution in [2.24, 2.45) is 12.5 Å². The van der Waals surface area contributed by atoms with Crippen molar-refractivity contribution in [3.8, 4) is 0 Å². The molecule has 102 valence electrons. The van der Waals surface area contributed by atoms with Crippen LogP contribution in [0.4, 0.5) is 0 Å². The van der Waals surface area contributed by atoms with Crippen molar-refractivity contribution in [2.75, 3.05) is 6.54 Å². The number of aromatic nitrogens is 2. The van der Waals surface area contributed by atoms with E-state index in [1.807, 2.05) is 11.7 Å². The molecular formula is C14H24ClN3. The van der Waals surface area contributed by atoms with Crippen molar-refractivity contribution in [2.45, 2.75) is 52.5 Å². The average Bonchev–Trinajstić information content (AvgIpc) is 3.08. The number of nitrogens with zero attached hydrogens (tertiary/aromatic N) is 2. The molecule has 1 saturated carbocycles. The second kappa shape index (κ2) is 5.22. The lowest BCUT2D eigenvalue weighted by Gasteiger charge is -2.24. The summed E-state index contributed by atoms with van der Waals surface area (Å²) in [6.07, 6.45) is 4.54. The van der Waals surface area contributed by atoms with Crippen LogP contribution in [0.5, 0.6) is 0 Å². The molecule has 1 aromatic heterocycles. The fraction of sp³-hybridized carbons (Fsp3) is 0.786. The van der Waals surface area contributed by atoms with Crippen molar-refractivity contribution in [3.63, 3.8) is 0 Å². The van der Waals surface area contributed by atoms with E-state index in [1.165, 1.54) is 18.5 Å². The van der Waals surface area contributed by atoms with Crippen molar-refractivity contribution in [1.82, 2.24) is 15.1 Å². The zero-order valence-electron chi connectivity index (χ0n) is 11.9. The minimum Gasteiger partial charge on any atom is -0.314 e. The molecule has 1 unspecified atom stereocenters. The Kier molecular flexibility index (Phi) is 4.02. The third-order valence-corrected chi connectivity index (χ3v) is 4.78. The Balaban J connectivity index is 2.17. The molecule has 0 radical (unpaired) electrons. The van der Waals surface area contributed by atoms with Crippen molar-refractivity contribution in [1.29, 1.82) is 0 Å². The van der Waals surface area contributed by atoms with Crippen molar-refractivity contribution < 1.29 is 0 Å². The third-order valence-electron chi connectivity index (χ3n) is 4.34. The van der Waals surface area contributed by atoms with Crippen LogP contribution in [0.15, 0.2) is 0 Å². The van der Waals surface area contributed by atoms with E-state index in [1.54, 1.807) is 0 Å². The van der Waals surface area contributed by atoms with Crippen LogP contribution in [-0.4, -0.2) is 22.4 Å². The highest BCUT2D eigenvalue weighted by atomic mass is 35.5. The minimum atomic E-state index is 0.401. The first-order valence-electron chi connectivity index (χ1n) is 6.97. The largest absolute Gasteiger partial charge is 0.314 e. The molecule has 2 rings (SSSR count). The summed E-state index contributed by atoms with van der Waals surface area (Å²) in [5.74, 6) is 0. The highest BCUT2D eigenvalue weighted by molar-refractivity contribution is 6.31. The van der Waals surface area contributed by atoms with Gasteiger partial charge in [0, 0.05) is 13.1 Å². The molecule has 1 heterocycles. The second-order valence-corrected chi connectivity index (χ2v) is 5.88. The number of hydrogen-bond acceptors (Lipinski definition) is 2. The van der Waals surface area contributed by atoms with E-state index in [0.29, 0.717) is 11.5 Å². The summed E-state index contributed by atoms with van der Waals surface area (Å²) >= 11 is 6.44. The van der Waals surface area contributed by atoms with E-state index >= 15 is 0 Å². The monoisotopic (exact) mass is 269 g/mol. The maximum Gasteiger partial charge on any atom is 0.0849 e. The minimum absolute atomic E-state index is 0.401. The fourth-order valence-electron chi connectivity index (χ4n) is 2.79. The molecule has 0 aliphatic heterocycles. The SMILES string of the molecule is CCNC(C)C1(Cc2c(Cl)c(CC)nn2C)CC1. The van der Waals surface area contributed by atoms with Gasteiger partial charge in [-0.1, -0.05) is 25.4 Å². The molecule has 1 aliphatic rings. The molecule has 0 bridgehead atoms. The summed E-state index contributed by atoms with van der Waals surface area (Å²) in [6.45, 7) is 7.59. The molecule has 1 N–H and O–H groups in total. The van der Waals surface area contributed by atoms with E-state index in [0.717, 1.165) is 30.1 Å². The lowest BCUT2D eigenvalue weighted by atomic mass is 9.92. The van der Waals surface area contributed by atoms with E-state index in [4.69, 9.17) is 11.6 Å². The van der Waals surface area contributed by atoms with Gasteiger partial charge < -0.3 is 5.32 Å². The predicted octanol–water partition coefficient (Wildman–Crippen LogP) is 2.96. The molecule has 3 nitrogen and oxygen atoms in total. The highest BCUT2D eigenvalue weighted by Crippen LogP contribution is 2.52. The van der Waals surface area contributed by atoms with Gasteiger partial charge in [-0.15, -0.1) is 0 Å². The maximum absolute atomic E-state index is 6.44. The number of rotatable bonds is 6. The molecule has 4 heteroatoms. The summed E-state index contributed by atoms with van der Waals surface area (Å²) in [7, 11) is 2.01. The smallest absolute Gasteiger partial charge is 0.0849 e. The van der Waals surface area contributed by atoms with Crippen molar-refractivity contribution in [3.05, 3.63) is 16.4 Å². The van der Waals surface area contributed by atoms with Crippen LogP contribution < -0.4 is 5.32 Å². The Hall–Kier alpha value is -0.540. The van der Waals surface area contributed by atoms with E-state index in [-0.39, 0.29) is 0 Å². The number of aryl methyl sites for hydroxylation is 2. The molecule has 0 saturated heterocycles. The second-order valence-electron chi connectivity index (χ2n) is 5.50. The van der Waals surface area contributed by atoms with Crippen LogP contribution in [0.25, 0.3) is 0 Å². The van der Waals surface area contributed by atoms with Crippen LogP contribution >= 0.6 is 11.6 Å². The average molecular weight is 270 g/mol. The van der Waals surface area contributed by atoms with E-state index in [2.05, 4.69) is 31.2 Å². The van der Waals surface area contributed by atoms with Gasteiger partial charge in [-0.05, 0) is 44.6 Å². The standard InChI is InChI=1S/C14H24ClN3/c1-5-11-13(15)12(18(4)17-11)9-14(7-8-14)10(3)16-6-2/h10,16H,5-9H2,1-4H3. The molecule has 1 fully saturated rings. The number of halogens is 1. The van der Waals surface area contributed by atoms with Crippen LogP contribution in [-0.2, 0) is 19.9 Å². The Morgan fingerprint density at radius 3 is 2.56 bits per heavy atom. The lowest BCUT2D eigenvalue weighted by molar-refractivity contribution is 0.348. The van der Waals surface area contributed by atoms with Gasteiger partial charge in [0.15, 0.2) is 0 Å². The van der Waals surface area contributed by atoms with Gasteiger partial charge in [0.25, 0.3) is 0 Å². The van der Waals surface area contributed by atoms with Gasteiger partial charge in [0.1, 0.15) is 0 Å². The fourth-order valence-corrected chi connectivity index (χ4v) is 3.15. The summed E-state index contributed by atoms with van der Waals surface area (Å²) in [4.78, 5) is 0. The molecule has 0 spiro atoms. The quantitative estimate of drug-likeness (QED) is 0.861. The highest BCUT2D eigenvalue weighted by Gasteiger charge is 2.47. The Bertz CT molecular complexity index is 421. The maximum atomic E-state index is 6.44. The zero-order valence-corrected chi connectivity index (χ0v) is 12.6. The van der Waals surface area contributed by atoms with Gasteiger partial charge in [-0.2, -0.15) is 5.10 Å². The lowest BCUT2D eigenvalue weighted by Crippen LogP contribution is -2.36. The van der Waals surface area contributed by atoms with Crippen molar-refractivity contribution >= 4 is 11.6 Å². The van der Waals surface area contributed by atoms with Gasteiger partial charge in [0.2, 0.25) is 0 Å². The molecule has 1 aliphatic carbocycles. The molecule has 18 heavy (non-hydrogen) atoms. The van der Waals surface area contributed by atoms with Crippen LogP contribution in [0.1, 0.15) is 45.0 Å². The van der Waals surface area contributed by atoms with Gasteiger partial charge >= 0.3 is 0 Å². The van der Waals surface area contributed by atoms with Gasteiger partial charge in [-0.3, -0.25) is 4.68 Å². The topological polar surface area (TPSA) is 29.9 Å². The first-order valence-corrected chi connectivity index (χ1v) is 7.35. The summed E-state index contributed by atoms with van der Waals surface area (Å²) < 4.78 is 1.97. The summed E-state index contributed by atoms with van der Waals surface area (Å²) in [6, 6.07) is 0.554. The third kappa shape index (κ3) is 2.43. The molecular weight excluding hydrogens is 246 g/mol. The number of nitrogens with one attached hydrogen (secondary N) is 1.